The van der Waals surface area contributed by atoms with Crippen molar-refractivity contribution in [2.45, 2.75) is 13.8 Å². The maximum absolute atomic E-state index is 11.5. The van der Waals surface area contributed by atoms with Crippen molar-refractivity contribution in [3.05, 3.63) is 6.33 Å². The maximum atomic E-state index is 11.5. The van der Waals surface area contributed by atoms with Gasteiger partial charge in [0.2, 0.25) is 11.7 Å². The van der Waals surface area contributed by atoms with Crippen molar-refractivity contribution in [3.8, 4) is 5.75 Å². The number of amides is 1. The van der Waals surface area contributed by atoms with Crippen LogP contribution in [0.3, 0.4) is 0 Å². The number of aromatic nitrogens is 2. The Kier molecular flexibility index (Phi) is 5.16. The molecule has 100 valence electrons. The summed E-state index contributed by atoms with van der Waals surface area (Å²) in [6.07, 6.45) is 1.31. The van der Waals surface area contributed by atoms with Crippen molar-refractivity contribution < 1.29 is 9.53 Å². The van der Waals surface area contributed by atoms with Crippen LogP contribution in [0.2, 0.25) is 0 Å². The molecule has 0 saturated carbocycles. The van der Waals surface area contributed by atoms with Gasteiger partial charge in [0.15, 0.2) is 11.6 Å². The predicted octanol–water partition coefficient (Wildman–Crippen LogP) is 0.252. The van der Waals surface area contributed by atoms with E-state index in [2.05, 4.69) is 20.6 Å². The minimum absolute atomic E-state index is 0.108. The van der Waals surface area contributed by atoms with Crippen LogP contribution in [0, 0.1) is 5.92 Å². The highest BCUT2D eigenvalue weighted by molar-refractivity contribution is 5.81. The molecule has 0 bridgehead atoms. The predicted molar refractivity (Wildman–Crippen MR) is 69.3 cm³/mol. The average Bonchev–Trinajstić information content (AvgIpc) is 2.33. The van der Waals surface area contributed by atoms with Gasteiger partial charge in [-0.15, -0.1) is 0 Å². The highest BCUT2D eigenvalue weighted by Gasteiger charge is 2.10. The molecule has 7 heteroatoms. The summed E-state index contributed by atoms with van der Waals surface area (Å²) in [6, 6.07) is 0. The molecule has 1 heterocycles. The topological polar surface area (TPSA) is 102 Å². The van der Waals surface area contributed by atoms with Crippen LogP contribution in [-0.2, 0) is 4.79 Å². The third-order valence-electron chi connectivity index (χ3n) is 2.16. The highest BCUT2D eigenvalue weighted by Crippen LogP contribution is 2.25. The molecule has 1 aromatic heterocycles. The van der Waals surface area contributed by atoms with E-state index in [4.69, 9.17) is 10.5 Å². The van der Waals surface area contributed by atoms with Crippen LogP contribution in [0.1, 0.15) is 13.8 Å². The van der Waals surface area contributed by atoms with Crippen molar-refractivity contribution in [1.82, 2.24) is 15.3 Å². The SMILES string of the molecule is COc1c(N)ncnc1NCC(=O)NCC(C)C. The molecular weight excluding hydrogens is 234 g/mol. The number of carbonyl (C=O) groups is 1. The fraction of sp³-hybridized carbons (Fsp3) is 0.545. The Labute approximate surface area is 106 Å². The average molecular weight is 253 g/mol. The van der Waals surface area contributed by atoms with Crippen molar-refractivity contribution >= 4 is 17.5 Å². The van der Waals surface area contributed by atoms with Gasteiger partial charge in [0, 0.05) is 6.54 Å². The van der Waals surface area contributed by atoms with E-state index in [1.807, 2.05) is 13.8 Å². The molecular formula is C11H19N5O2. The lowest BCUT2D eigenvalue weighted by atomic mass is 10.2. The van der Waals surface area contributed by atoms with Gasteiger partial charge < -0.3 is 21.1 Å². The minimum Gasteiger partial charge on any atom is -0.490 e. The first-order chi connectivity index (χ1) is 8.54. The van der Waals surface area contributed by atoms with Gasteiger partial charge in [-0.2, -0.15) is 0 Å². The number of rotatable bonds is 6. The van der Waals surface area contributed by atoms with Crippen molar-refractivity contribution in [2.75, 3.05) is 31.2 Å². The Morgan fingerprint density at radius 2 is 2.22 bits per heavy atom. The van der Waals surface area contributed by atoms with E-state index in [1.165, 1.54) is 13.4 Å². The molecule has 1 rings (SSSR count). The van der Waals surface area contributed by atoms with Crippen LogP contribution in [-0.4, -0.2) is 36.1 Å². The van der Waals surface area contributed by atoms with E-state index in [9.17, 15) is 4.79 Å². The Bertz CT molecular complexity index is 408. The minimum atomic E-state index is -0.108. The van der Waals surface area contributed by atoms with E-state index in [1.54, 1.807) is 0 Å². The Morgan fingerprint density at radius 1 is 1.50 bits per heavy atom. The number of hydrogen-bond acceptors (Lipinski definition) is 6. The lowest BCUT2D eigenvalue weighted by molar-refractivity contribution is -0.119. The molecule has 0 atom stereocenters. The Hall–Kier alpha value is -2.05. The van der Waals surface area contributed by atoms with Gasteiger partial charge in [0.1, 0.15) is 6.33 Å². The fourth-order valence-corrected chi connectivity index (χ4v) is 1.26. The molecule has 1 amide bonds. The molecule has 4 N–H and O–H groups in total. The maximum Gasteiger partial charge on any atom is 0.239 e. The number of ether oxygens (including phenoxy) is 1. The second-order valence-corrected chi connectivity index (χ2v) is 4.19. The molecule has 0 aliphatic rings. The monoisotopic (exact) mass is 253 g/mol. The number of hydrogen-bond donors (Lipinski definition) is 3. The number of nitrogens with zero attached hydrogens (tertiary/aromatic N) is 2. The summed E-state index contributed by atoms with van der Waals surface area (Å²) < 4.78 is 5.06. The summed E-state index contributed by atoms with van der Waals surface area (Å²) >= 11 is 0. The number of methoxy groups -OCH3 is 1. The molecule has 0 radical (unpaired) electrons. The normalized spacial score (nSPS) is 10.2. The zero-order valence-electron chi connectivity index (χ0n) is 10.9. The molecule has 0 aliphatic carbocycles. The smallest absolute Gasteiger partial charge is 0.239 e. The van der Waals surface area contributed by atoms with Crippen molar-refractivity contribution in [3.63, 3.8) is 0 Å². The molecule has 0 unspecified atom stereocenters. The zero-order valence-corrected chi connectivity index (χ0v) is 10.9. The van der Waals surface area contributed by atoms with Crippen molar-refractivity contribution in [1.29, 1.82) is 0 Å². The first kappa shape index (κ1) is 14.0. The number of carbonyl (C=O) groups excluding carboxylic acids is 1. The first-order valence-electron chi connectivity index (χ1n) is 5.69. The summed E-state index contributed by atoms with van der Waals surface area (Å²) in [5.41, 5.74) is 5.62. The van der Waals surface area contributed by atoms with Crippen LogP contribution in [0.25, 0.3) is 0 Å². The molecule has 0 saturated heterocycles. The molecule has 18 heavy (non-hydrogen) atoms. The van der Waals surface area contributed by atoms with Crippen LogP contribution >= 0.6 is 0 Å². The number of nitrogens with one attached hydrogen (secondary N) is 2. The zero-order chi connectivity index (χ0) is 13.5. The van der Waals surface area contributed by atoms with E-state index in [-0.39, 0.29) is 18.3 Å². The van der Waals surface area contributed by atoms with Gasteiger partial charge in [-0.25, -0.2) is 9.97 Å². The number of anilines is 2. The largest absolute Gasteiger partial charge is 0.490 e. The Morgan fingerprint density at radius 3 is 2.83 bits per heavy atom. The van der Waals surface area contributed by atoms with Crippen LogP contribution in [0.5, 0.6) is 5.75 Å². The molecule has 0 aliphatic heterocycles. The van der Waals surface area contributed by atoms with Gasteiger partial charge in [-0.3, -0.25) is 4.79 Å². The van der Waals surface area contributed by atoms with Gasteiger partial charge >= 0.3 is 0 Å². The molecule has 0 fully saturated rings. The lowest BCUT2D eigenvalue weighted by Crippen LogP contribution is -2.32. The summed E-state index contributed by atoms with van der Waals surface area (Å²) in [7, 11) is 1.47. The lowest BCUT2D eigenvalue weighted by Gasteiger charge is -2.11. The summed E-state index contributed by atoms with van der Waals surface area (Å²) in [6.45, 7) is 4.81. The molecule has 7 nitrogen and oxygen atoms in total. The second-order valence-electron chi connectivity index (χ2n) is 4.19. The van der Waals surface area contributed by atoms with Crippen molar-refractivity contribution in [2.24, 2.45) is 5.92 Å². The van der Waals surface area contributed by atoms with E-state index >= 15 is 0 Å². The molecule has 1 aromatic rings. The molecule has 0 aromatic carbocycles. The third kappa shape index (κ3) is 4.08. The standard InChI is InChI=1S/C11H19N5O2/c1-7(2)4-13-8(17)5-14-11-9(18-3)10(12)15-6-16-11/h6-7H,4-5H2,1-3H3,(H,13,17)(H3,12,14,15,16). The van der Waals surface area contributed by atoms with Crippen LogP contribution in [0.4, 0.5) is 11.6 Å². The third-order valence-corrected chi connectivity index (χ3v) is 2.16. The second kappa shape index (κ2) is 6.63. The van der Waals surface area contributed by atoms with E-state index < -0.39 is 0 Å². The van der Waals surface area contributed by atoms with Gasteiger partial charge in [-0.05, 0) is 5.92 Å². The van der Waals surface area contributed by atoms with Gasteiger partial charge in [-0.1, -0.05) is 13.8 Å². The number of nitrogens with two attached hydrogens (primary N) is 1. The summed E-state index contributed by atoms with van der Waals surface area (Å²) in [5.74, 6) is 1.29. The van der Waals surface area contributed by atoms with E-state index in [0.29, 0.717) is 24.0 Å². The highest BCUT2D eigenvalue weighted by atomic mass is 16.5. The van der Waals surface area contributed by atoms with Crippen LogP contribution in [0.15, 0.2) is 6.33 Å². The number of nitrogen functional groups attached to an aromatic ring is 1. The molecule has 0 spiro atoms. The quantitative estimate of drug-likeness (QED) is 0.671. The Balaban J connectivity index is 2.53. The van der Waals surface area contributed by atoms with E-state index in [0.717, 1.165) is 0 Å². The fourth-order valence-electron chi connectivity index (χ4n) is 1.26. The summed E-state index contributed by atoms with van der Waals surface area (Å²) in [4.78, 5) is 19.3. The van der Waals surface area contributed by atoms with Gasteiger partial charge in [0.05, 0.1) is 13.7 Å². The van der Waals surface area contributed by atoms with Crippen LogP contribution < -0.4 is 21.1 Å². The first-order valence-corrected chi connectivity index (χ1v) is 5.69. The summed E-state index contributed by atoms with van der Waals surface area (Å²) in [5, 5.41) is 5.65. The van der Waals surface area contributed by atoms with Gasteiger partial charge in [0.25, 0.3) is 0 Å².